The summed E-state index contributed by atoms with van der Waals surface area (Å²) in [6, 6.07) is -0.639. The minimum atomic E-state index is -0.854. The van der Waals surface area contributed by atoms with Gasteiger partial charge in [-0.3, -0.25) is 9.59 Å². The number of aliphatic hydroxyl groups is 2. The molecular weight excluding hydrogens is 899 g/mol. The van der Waals surface area contributed by atoms with Crippen LogP contribution in [0.5, 0.6) is 0 Å². The van der Waals surface area contributed by atoms with Gasteiger partial charge in [0.05, 0.1) is 25.4 Å². The van der Waals surface area contributed by atoms with Crippen LogP contribution in [0.15, 0.2) is 36.5 Å². The zero-order chi connectivity index (χ0) is 52.9. The molecule has 0 aromatic heterocycles. The summed E-state index contributed by atoms with van der Waals surface area (Å²) in [4.78, 5) is 24.6. The molecule has 2 atom stereocenters. The van der Waals surface area contributed by atoms with E-state index >= 15 is 0 Å². The average Bonchev–Trinajstić information content (AvgIpc) is 3.39. The molecular formula is C67H127NO5. The van der Waals surface area contributed by atoms with Crippen LogP contribution < -0.4 is 5.32 Å². The van der Waals surface area contributed by atoms with Gasteiger partial charge in [0.15, 0.2) is 0 Å². The van der Waals surface area contributed by atoms with Gasteiger partial charge in [0.1, 0.15) is 0 Å². The maximum Gasteiger partial charge on any atom is 0.305 e. The van der Waals surface area contributed by atoms with E-state index in [-0.39, 0.29) is 18.5 Å². The predicted molar refractivity (Wildman–Crippen MR) is 319 cm³/mol. The molecule has 0 aromatic rings. The molecule has 0 spiro atoms. The Morgan fingerprint density at radius 1 is 0.370 bits per heavy atom. The Hall–Kier alpha value is -1.92. The number of esters is 1. The molecule has 0 saturated carbocycles. The maximum absolute atomic E-state index is 12.5. The van der Waals surface area contributed by atoms with Crippen molar-refractivity contribution in [2.75, 3.05) is 13.2 Å². The molecule has 0 fully saturated rings. The monoisotopic (exact) mass is 1030 g/mol. The average molecular weight is 1030 g/mol. The van der Waals surface area contributed by atoms with E-state index in [1.54, 1.807) is 6.08 Å². The van der Waals surface area contributed by atoms with Crippen LogP contribution in [0, 0.1) is 0 Å². The molecule has 0 aromatic carbocycles. The Morgan fingerprint density at radius 2 is 0.644 bits per heavy atom. The van der Waals surface area contributed by atoms with Crippen LogP contribution in [0.4, 0.5) is 0 Å². The number of allylic oxidation sites excluding steroid dienone is 5. The zero-order valence-electron chi connectivity index (χ0n) is 49.1. The van der Waals surface area contributed by atoms with Crippen LogP contribution >= 0.6 is 0 Å². The number of hydrogen-bond acceptors (Lipinski definition) is 5. The molecule has 73 heavy (non-hydrogen) atoms. The lowest BCUT2D eigenvalue weighted by Crippen LogP contribution is -2.45. The molecule has 0 rings (SSSR count). The number of nitrogens with one attached hydrogen (secondary N) is 1. The first-order valence-electron chi connectivity index (χ1n) is 32.8. The molecule has 6 heteroatoms. The second-order valence-electron chi connectivity index (χ2n) is 22.4. The molecule has 0 aliphatic carbocycles. The first-order chi connectivity index (χ1) is 36.0. The number of carbonyl (C=O) groups excluding carboxylic acids is 2. The number of unbranched alkanes of at least 4 members (excludes halogenated alkanes) is 46. The summed E-state index contributed by atoms with van der Waals surface area (Å²) >= 11 is 0. The van der Waals surface area contributed by atoms with Gasteiger partial charge in [-0.05, 0) is 83.5 Å². The van der Waals surface area contributed by atoms with E-state index in [0.29, 0.717) is 19.4 Å². The van der Waals surface area contributed by atoms with Crippen LogP contribution in [0.25, 0.3) is 0 Å². The fourth-order valence-electron chi connectivity index (χ4n) is 10.1. The van der Waals surface area contributed by atoms with Gasteiger partial charge in [-0.1, -0.05) is 294 Å². The van der Waals surface area contributed by atoms with E-state index in [0.717, 1.165) is 57.8 Å². The van der Waals surface area contributed by atoms with Crippen molar-refractivity contribution in [2.24, 2.45) is 0 Å². The van der Waals surface area contributed by atoms with Crippen molar-refractivity contribution in [1.29, 1.82) is 0 Å². The maximum atomic E-state index is 12.5. The van der Waals surface area contributed by atoms with E-state index in [9.17, 15) is 19.8 Å². The molecule has 0 radical (unpaired) electrons. The second-order valence-corrected chi connectivity index (χ2v) is 22.4. The Balaban J connectivity index is 3.47. The van der Waals surface area contributed by atoms with Crippen LogP contribution in [-0.4, -0.2) is 47.4 Å². The van der Waals surface area contributed by atoms with Gasteiger partial charge < -0.3 is 20.3 Å². The summed E-state index contributed by atoms with van der Waals surface area (Å²) in [5, 5.41) is 23.2. The summed E-state index contributed by atoms with van der Waals surface area (Å²) in [6.07, 6.45) is 79.0. The molecule has 2 unspecified atom stereocenters. The predicted octanol–water partition coefficient (Wildman–Crippen LogP) is 20.8. The van der Waals surface area contributed by atoms with E-state index in [1.807, 2.05) is 6.08 Å². The van der Waals surface area contributed by atoms with Crippen molar-refractivity contribution in [2.45, 2.75) is 366 Å². The van der Waals surface area contributed by atoms with E-state index in [1.165, 1.54) is 270 Å². The second kappa shape index (κ2) is 62.6. The van der Waals surface area contributed by atoms with E-state index in [2.05, 4.69) is 43.5 Å². The number of amides is 1. The summed E-state index contributed by atoms with van der Waals surface area (Å²) in [6.45, 7) is 4.91. The van der Waals surface area contributed by atoms with Gasteiger partial charge >= 0.3 is 5.97 Å². The summed E-state index contributed by atoms with van der Waals surface area (Å²) < 4.78 is 5.49. The number of carbonyl (C=O) groups is 2. The summed E-state index contributed by atoms with van der Waals surface area (Å²) in [7, 11) is 0. The van der Waals surface area contributed by atoms with Crippen LogP contribution in [0.3, 0.4) is 0 Å². The number of hydrogen-bond donors (Lipinski definition) is 3. The van der Waals surface area contributed by atoms with Crippen LogP contribution in [0.2, 0.25) is 0 Å². The molecule has 0 aliphatic rings. The smallest absolute Gasteiger partial charge is 0.305 e. The van der Waals surface area contributed by atoms with Crippen LogP contribution in [0.1, 0.15) is 354 Å². The third kappa shape index (κ3) is 59.2. The van der Waals surface area contributed by atoms with Crippen LogP contribution in [-0.2, 0) is 14.3 Å². The highest BCUT2D eigenvalue weighted by molar-refractivity contribution is 5.76. The summed E-state index contributed by atoms with van der Waals surface area (Å²) in [5.74, 6) is -0.0802. The number of rotatable bonds is 61. The minimum absolute atomic E-state index is 0.000367. The quantitative estimate of drug-likeness (QED) is 0.0320. The van der Waals surface area contributed by atoms with Gasteiger partial charge in [0.25, 0.3) is 0 Å². The summed E-state index contributed by atoms with van der Waals surface area (Å²) in [5.41, 5.74) is 0. The number of ether oxygens (including phenoxy) is 1. The Bertz CT molecular complexity index is 1180. The molecule has 430 valence electrons. The fraction of sp³-hybridized carbons (Fsp3) is 0.881. The fourth-order valence-corrected chi connectivity index (χ4v) is 10.1. The van der Waals surface area contributed by atoms with Gasteiger partial charge in [-0.25, -0.2) is 0 Å². The molecule has 1 amide bonds. The third-order valence-corrected chi connectivity index (χ3v) is 15.1. The highest BCUT2D eigenvalue weighted by Gasteiger charge is 2.18. The molecule has 0 bridgehead atoms. The SMILES string of the molecule is CCCCCCCCC/C=C\CCCCCCCCCC(=O)OCCCCCCCCCCC/C=C\CCCCCCCC(=O)NC(CO)C(O)/C=C/CCCCCCCCCCCCCCCCCCCC. The van der Waals surface area contributed by atoms with Crippen molar-refractivity contribution in [3.05, 3.63) is 36.5 Å². The zero-order valence-corrected chi connectivity index (χ0v) is 49.1. The van der Waals surface area contributed by atoms with Crippen molar-refractivity contribution in [1.82, 2.24) is 5.32 Å². The van der Waals surface area contributed by atoms with Crippen molar-refractivity contribution >= 4 is 11.9 Å². The van der Waals surface area contributed by atoms with E-state index < -0.39 is 12.1 Å². The molecule has 0 heterocycles. The first-order valence-corrected chi connectivity index (χ1v) is 32.8. The molecule has 3 N–H and O–H groups in total. The molecule has 0 saturated heterocycles. The van der Waals surface area contributed by atoms with Crippen molar-refractivity contribution < 1.29 is 24.5 Å². The van der Waals surface area contributed by atoms with E-state index in [4.69, 9.17) is 4.74 Å². The lowest BCUT2D eigenvalue weighted by atomic mass is 10.0. The molecule has 0 aliphatic heterocycles. The minimum Gasteiger partial charge on any atom is -0.466 e. The Labute approximate surface area is 455 Å². The highest BCUT2D eigenvalue weighted by atomic mass is 16.5. The Kier molecular flexibility index (Phi) is 61.0. The van der Waals surface area contributed by atoms with Gasteiger partial charge in [-0.2, -0.15) is 0 Å². The lowest BCUT2D eigenvalue weighted by Gasteiger charge is -2.20. The Morgan fingerprint density at radius 3 is 0.973 bits per heavy atom. The third-order valence-electron chi connectivity index (χ3n) is 15.1. The van der Waals surface area contributed by atoms with Crippen molar-refractivity contribution in [3.63, 3.8) is 0 Å². The lowest BCUT2D eigenvalue weighted by molar-refractivity contribution is -0.143. The largest absolute Gasteiger partial charge is 0.466 e. The topological polar surface area (TPSA) is 95.9 Å². The normalized spacial score (nSPS) is 12.8. The standard InChI is InChI=1S/C67H127NO5/c1-3-5-7-9-11-13-15-17-19-21-23-24-27-31-35-39-43-47-51-55-59-65(70)64(63-69)68-66(71)60-56-52-48-44-40-36-32-28-25-26-30-34-38-42-46-50-54-58-62-73-67(72)61-57-53-49-45-41-37-33-29-22-20-18-16-14-12-10-8-6-4-2/h20,22,28,32,55,59,64-65,69-70H,3-19,21,23-27,29-31,33-54,56-58,60-63H2,1-2H3,(H,68,71)/b22-20-,32-28-,59-55+. The van der Waals surface area contributed by atoms with Crippen molar-refractivity contribution in [3.8, 4) is 0 Å². The van der Waals surface area contributed by atoms with Gasteiger partial charge in [0.2, 0.25) is 5.91 Å². The highest BCUT2D eigenvalue weighted by Crippen LogP contribution is 2.17. The first kappa shape index (κ1) is 71.1. The van der Waals surface area contributed by atoms with Gasteiger partial charge in [-0.15, -0.1) is 0 Å². The molecule has 6 nitrogen and oxygen atoms in total. The van der Waals surface area contributed by atoms with Gasteiger partial charge in [0, 0.05) is 12.8 Å². The number of aliphatic hydroxyl groups excluding tert-OH is 2.